The Hall–Kier alpha value is -1.89. The van der Waals surface area contributed by atoms with E-state index in [4.69, 9.17) is 0 Å². The molecule has 0 fully saturated rings. The molecule has 0 saturated heterocycles. The zero-order valence-corrected chi connectivity index (χ0v) is 23.9. The highest BCUT2D eigenvalue weighted by molar-refractivity contribution is 5.66. The van der Waals surface area contributed by atoms with E-state index in [1.165, 1.54) is 99.5 Å². The number of hydrogen-bond donors (Lipinski definition) is 0. The van der Waals surface area contributed by atoms with Gasteiger partial charge >= 0.3 is 0 Å². The number of benzene rings is 2. The van der Waals surface area contributed by atoms with E-state index < -0.39 is 6.17 Å². The molecule has 2 aromatic carbocycles. The number of rotatable bonds is 11. The molecule has 0 bridgehead atoms. The van der Waals surface area contributed by atoms with Crippen LogP contribution in [0.15, 0.2) is 55.1 Å². The number of unbranched alkanes of at least 4 members (excludes halogenated alkanes) is 6. The van der Waals surface area contributed by atoms with Crippen LogP contribution < -0.4 is 0 Å². The van der Waals surface area contributed by atoms with Crippen LogP contribution in [0.1, 0.15) is 122 Å². The molecule has 0 saturated carbocycles. The lowest BCUT2D eigenvalue weighted by atomic mass is 9.95. The van der Waals surface area contributed by atoms with Crippen molar-refractivity contribution in [3.05, 3.63) is 77.4 Å². The van der Waals surface area contributed by atoms with Crippen LogP contribution >= 0.6 is 0 Å². The predicted molar refractivity (Wildman–Crippen MR) is 156 cm³/mol. The molecule has 0 unspecified atom stereocenters. The van der Waals surface area contributed by atoms with Gasteiger partial charge in [-0.2, -0.15) is 0 Å². The Bertz CT molecular complexity index is 709. The second-order valence-electron chi connectivity index (χ2n) is 8.94. The van der Waals surface area contributed by atoms with Crippen molar-refractivity contribution in [2.45, 2.75) is 126 Å². The Morgan fingerprint density at radius 3 is 1.88 bits per heavy atom. The average Bonchev–Trinajstić information content (AvgIpc) is 2.82. The van der Waals surface area contributed by atoms with Gasteiger partial charge in [0, 0.05) is 0 Å². The highest BCUT2D eigenvalue weighted by Gasteiger charge is 2.04. The van der Waals surface area contributed by atoms with E-state index in [9.17, 15) is 4.39 Å². The van der Waals surface area contributed by atoms with Crippen molar-refractivity contribution in [3.63, 3.8) is 0 Å². The highest BCUT2D eigenvalue weighted by Crippen LogP contribution is 2.21. The van der Waals surface area contributed by atoms with Crippen LogP contribution in [0.5, 0.6) is 0 Å². The summed E-state index contributed by atoms with van der Waals surface area (Å²) >= 11 is 0. The lowest BCUT2D eigenvalue weighted by Gasteiger charge is -2.10. The summed E-state index contributed by atoms with van der Waals surface area (Å²) in [5, 5.41) is 0. The molecule has 0 aliphatic carbocycles. The van der Waals surface area contributed by atoms with Crippen LogP contribution in [-0.2, 0) is 12.8 Å². The molecule has 0 atom stereocenters. The van der Waals surface area contributed by atoms with Crippen molar-refractivity contribution in [1.82, 2.24) is 0 Å². The van der Waals surface area contributed by atoms with Gasteiger partial charge in [-0.25, -0.2) is 4.39 Å². The molecule has 194 valence electrons. The van der Waals surface area contributed by atoms with Gasteiger partial charge < -0.3 is 0 Å². The van der Waals surface area contributed by atoms with Gasteiger partial charge in [-0.3, -0.25) is 0 Å². The fraction of sp³-hybridized carbons (Fsp3) is 0.576. The fourth-order valence-corrected chi connectivity index (χ4v) is 3.37. The lowest BCUT2D eigenvalue weighted by molar-refractivity contribution is 0.391. The van der Waals surface area contributed by atoms with Crippen LogP contribution in [0.3, 0.4) is 0 Å². The summed E-state index contributed by atoms with van der Waals surface area (Å²) in [6.45, 7) is 20.2. The highest BCUT2D eigenvalue weighted by atomic mass is 19.1. The quantitative estimate of drug-likeness (QED) is 0.286. The first kappa shape index (κ1) is 34.3. The van der Waals surface area contributed by atoms with Gasteiger partial charge in [0.05, 0.1) is 6.17 Å². The third-order valence-electron chi connectivity index (χ3n) is 5.28. The van der Waals surface area contributed by atoms with E-state index in [0.717, 1.165) is 6.42 Å². The summed E-state index contributed by atoms with van der Waals surface area (Å²) in [6, 6.07) is 17.6. The zero-order chi connectivity index (χ0) is 26.2. The summed E-state index contributed by atoms with van der Waals surface area (Å²) < 4.78 is 11.0. The van der Waals surface area contributed by atoms with Crippen molar-refractivity contribution in [1.29, 1.82) is 0 Å². The maximum atomic E-state index is 11.0. The second kappa shape index (κ2) is 24.2. The lowest BCUT2D eigenvalue weighted by Crippen LogP contribution is -1.94. The maximum absolute atomic E-state index is 11.0. The average molecular weight is 471 g/mol. The zero-order valence-electron chi connectivity index (χ0n) is 23.9. The molecule has 2 aromatic rings. The van der Waals surface area contributed by atoms with Crippen LogP contribution in [0.25, 0.3) is 5.57 Å². The van der Waals surface area contributed by atoms with Crippen molar-refractivity contribution < 1.29 is 4.39 Å². The molecule has 0 aliphatic rings. The van der Waals surface area contributed by atoms with Crippen molar-refractivity contribution in [2.24, 2.45) is 0 Å². The van der Waals surface area contributed by atoms with Gasteiger partial charge in [0.15, 0.2) is 0 Å². The Labute approximate surface area is 213 Å². The third-order valence-corrected chi connectivity index (χ3v) is 5.28. The van der Waals surface area contributed by atoms with Crippen LogP contribution in [0, 0.1) is 6.92 Å². The normalized spacial score (nSPS) is 9.71. The molecular formula is C33H55F. The summed E-state index contributed by atoms with van der Waals surface area (Å²) in [5.74, 6) is 0. The van der Waals surface area contributed by atoms with Gasteiger partial charge in [-0.05, 0) is 67.9 Å². The first-order valence-corrected chi connectivity index (χ1v) is 13.8. The van der Waals surface area contributed by atoms with Gasteiger partial charge in [-0.1, -0.05) is 135 Å². The van der Waals surface area contributed by atoms with Crippen LogP contribution in [0.2, 0.25) is 0 Å². The van der Waals surface area contributed by atoms with Crippen molar-refractivity contribution in [3.8, 4) is 0 Å². The van der Waals surface area contributed by atoms with Gasteiger partial charge in [0.25, 0.3) is 0 Å². The van der Waals surface area contributed by atoms with E-state index in [2.05, 4.69) is 82.8 Å². The Morgan fingerprint density at radius 1 is 0.794 bits per heavy atom. The maximum Gasteiger partial charge on any atom is 0.0945 e. The van der Waals surface area contributed by atoms with Crippen molar-refractivity contribution in [2.75, 3.05) is 0 Å². The molecule has 0 aliphatic heterocycles. The molecule has 34 heavy (non-hydrogen) atoms. The molecule has 0 nitrogen and oxygen atoms in total. The minimum atomic E-state index is -0.667. The van der Waals surface area contributed by atoms with Gasteiger partial charge in [0.2, 0.25) is 0 Å². The number of hydrogen-bond acceptors (Lipinski definition) is 0. The summed E-state index contributed by atoms with van der Waals surface area (Å²) in [6.07, 6.45) is 12.2. The number of allylic oxidation sites excluding steroid dienone is 1. The number of halogens is 1. The molecule has 0 aromatic heterocycles. The molecular weight excluding hydrogens is 415 g/mol. The molecule has 0 radical (unpaired) electrons. The van der Waals surface area contributed by atoms with Crippen LogP contribution in [-0.4, -0.2) is 6.17 Å². The SMILES string of the molecule is C=C(Cc1ccccc1C)c1cccc(CCCCCCC)c1.CC.CC(C)F.CCCCC. The molecule has 0 amide bonds. The molecule has 2 rings (SSSR count). The minimum absolute atomic E-state index is 0.667. The summed E-state index contributed by atoms with van der Waals surface area (Å²) in [7, 11) is 0. The minimum Gasteiger partial charge on any atom is -0.248 e. The van der Waals surface area contributed by atoms with E-state index in [1.54, 1.807) is 0 Å². The molecule has 0 N–H and O–H groups in total. The molecule has 1 heteroatoms. The summed E-state index contributed by atoms with van der Waals surface area (Å²) in [5.41, 5.74) is 6.68. The number of aryl methyl sites for hydroxylation is 2. The summed E-state index contributed by atoms with van der Waals surface area (Å²) in [4.78, 5) is 0. The van der Waals surface area contributed by atoms with Crippen molar-refractivity contribution >= 4 is 5.57 Å². The van der Waals surface area contributed by atoms with E-state index in [1.807, 2.05) is 13.8 Å². The van der Waals surface area contributed by atoms with Gasteiger partial charge in [0.1, 0.15) is 0 Å². The standard InChI is InChI=1S/C23H30.C5H12.C3H7F.C2H6/c1-4-5-6-7-8-13-21-14-11-16-23(18-21)20(3)17-22-15-10-9-12-19(22)2;1-3-5-4-2;1-3(2)4;1-2/h9-12,14-16,18H,3-8,13,17H2,1-2H3;3-5H2,1-2H3;3H,1-2H3;1-2H3. The Balaban J connectivity index is 0. The molecule has 0 heterocycles. The second-order valence-corrected chi connectivity index (χ2v) is 8.94. The van der Waals surface area contributed by atoms with Crippen LogP contribution in [0.4, 0.5) is 4.39 Å². The van der Waals surface area contributed by atoms with Gasteiger partial charge in [-0.15, -0.1) is 0 Å². The monoisotopic (exact) mass is 470 g/mol. The largest absolute Gasteiger partial charge is 0.248 e. The molecule has 0 spiro atoms. The topological polar surface area (TPSA) is 0 Å². The first-order valence-electron chi connectivity index (χ1n) is 13.8. The fourth-order valence-electron chi connectivity index (χ4n) is 3.37. The van der Waals surface area contributed by atoms with E-state index in [0.29, 0.717) is 0 Å². The van der Waals surface area contributed by atoms with E-state index in [-0.39, 0.29) is 0 Å². The third kappa shape index (κ3) is 19.6. The first-order chi connectivity index (χ1) is 16.3. The Morgan fingerprint density at radius 2 is 1.35 bits per heavy atom. The predicted octanol–water partition coefficient (Wildman–Crippen LogP) is 11.4. The Kier molecular flexibility index (Phi) is 24.4. The van der Waals surface area contributed by atoms with E-state index >= 15 is 0 Å². The number of alkyl halides is 1. The smallest absolute Gasteiger partial charge is 0.0945 e.